The van der Waals surface area contributed by atoms with Crippen LogP contribution in [0.4, 0.5) is 4.79 Å². The van der Waals surface area contributed by atoms with Gasteiger partial charge in [0.05, 0.1) is 0 Å². The molecule has 21 heavy (non-hydrogen) atoms. The van der Waals surface area contributed by atoms with Gasteiger partial charge in [-0.05, 0) is 39.2 Å². The number of carbonyl (C=O) groups is 3. The number of amides is 4. The lowest BCUT2D eigenvalue weighted by molar-refractivity contribution is -0.141. The molecular formula is C14H22N4O3. The van der Waals surface area contributed by atoms with Gasteiger partial charge in [0.1, 0.15) is 12.1 Å². The minimum Gasteiger partial charge on any atom is -0.337 e. The predicted molar refractivity (Wildman–Crippen MR) is 75.4 cm³/mol. The van der Waals surface area contributed by atoms with Crippen LogP contribution in [0, 0.1) is 5.92 Å². The first-order valence-electron chi connectivity index (χ1n) is 7.53. The summed E-state index contributed by atoms with van der Waals surface area (Å²) < 4.78 is 0. The zero-order valence-corrected chi connectivity index (χ0v) is 12.5. The molecule has 0 unspecified atom stereocenters. The molecule has 4 fully saturated rings. The van der Waals surface area contributed by atoms with Gasteiger partial charge in [0.25, 0.3) is 5.91 Å². The van der Waals surface area contributed by atoms with Gasteiger partial charge >= 0.3 is 6.03 Å². The first kappa shape index (κ1) is 14.3. The number of urea groups is 1. The first-order chi connectivity index (χ1) is 9.88. The Morgan fingerprint density at radius 2 is 2.05 bits per heavy atom. The predicted octanol–water partition coefficient (Wildman–Crippen LogP) is -0.473. The zero-order valence-electron chi connectivity index (χ0n) is 12.5. The maximum Gasteiger partial charge on any atom is 0.325 e. The minimum absolute atomic E-state index is 0.130. The van der Waals surface area contributed by atoms with Crippen molar-refractivity contribution < 1.29 is 14.4 Å². The average molecular weight is 294 g/mol. The monoisotopic (exact) mass is 294 g/mol. The van der Waals surface area contributed by atoms with Crippen LogP contribution in [-0.4, -0.2) is 65.4 Å². The summed E-state index contributed by atoms with van der Waals surface area (Å²) in [5, 5.41) is 5.97. The molecule has 2 atom stereocenters. The van der Waals surface area contributed by atoms with Crippen LogP contribution in [0.5, 0.6) is 0 Å². The fraction of sp³-hybridized carbons (Fsp3) is 0.786. The maximum absolute atomic E-state index is 12.5. The number of nitrogens with one attached hydrogen (secondary N) is 2. The summed E-state index contributed by atoms with van der Waals surface area (Å²) in [5.41, 5.74) is -0.920. The van der Waals surface area contributed by atoms with E-state index in [1.165, 1.54) is 0 Å². The Morgan fingerprint density at radius 1 is 1.29 bits per heavy atom. The van der Waals surface area contributed by atoms with Gasteiger partial charge in [-0.15, -0.1) is 0 Å². The second kappa shape index (κ2) is 4.98. The first-order valence-corrected chi connectivity index (χ1v) is 7.53. The van der Waals surface area contributed by atoms with Crippen molar-refractivity contribution in [3.05, 3.63) is 0 Å². The van der Waals surface area contributed by atoms with E-state index in [1.807, 2.05) is 4.90 Å². The quantitative estimate of drug-likeness (QED) is 0.675. The van der Waals surface area contributed by atoms with E-state index in [9.17, 15) is 14.4 Å². The van der Waals surface area contributed by atoms with Gasteiger partial charge in [-0.3, -0.25) is 14.5 Å². The van der Waals surface area contributed by atoms with Crippen LogP contribution in [-0.2, 0) is 9.59 Å². The van der Waals surface area contributed by atoms with Gasteiger partial charge in [0.2, 0.25) is 5.91 Å². The molecule has 0 aromatic rings. The zero-order chi connectivity index (χ0) is 15.2. The van der Waals surface area contributed by atoms with Crippen molar-refractivity contribution in [3.8, 4) is 0 Å². The molecule has 7 heteroatoms. The summed E-state index contributed by atoms with van der Waals surface area (Å²) in [6.45, 7) is 5.61. The van der Waals surface area contributed by atoms with Crippen molar-refractivity contribution in [1.82, 2.24) is 20.4 Å². The highest BCUT2D eigenvalue weighted by atomic mass is 16.2. The number of carbonyl (C=O) groups excluding carboxylic acids is 3. The molecule has 0 spiro atoms. The number of fused-ring (bicyclic) bond motifs is 4. The molecule has 4 amide bonds. The van der Waals surface area contributed by atoms with Crippen LogP contribution in [0.15, 0.2) is 0 Å². The summed E-state index contributed by atoms with van der Waals surface area (Å²) in [5.74, 6) is 0.0146. The summed E-state index contributed by atoms with van der Waals surface area (Å²) >= 11 is 0. The van der Waals surface area contributed by atoms with E-state index in [0.29, 0.717) is 5.92 Å². The second-order valence-electron chi connectivity index (χ2n) is 6.75. The van der Waals surface area contributed by atoms with Gasteiger partial charge in [-0.25, -0.2) is 4.79 Å². The van der Waals surface area contributed by atoms with E-state index in [4.69, 9.17) is 0 Å². The number of imide groups is 1. The van der Waals surface area contributed by atoms with Gasteiger partial charge in [0.15, 0.2) is 0 Å². The molecule has 4 heterocycles. The molecule has 4 aliphatic heterocycles. The molecule has 0 aromatic carbocycles. The normalized spacial score (nSPS) is 31.3. The molecule has 4 aliphatic rings. The van der Waals surface area contributed by atoms with Crippen molar-refractivity contribution in [1.29, 1.82) is 0 Å². The molecule has 2 bridgehead atoms. The van der Waals surface area contributed by atoms with Gasteiger partial charge < -0.3 is 15.5 Å². The van der Waals surface area contributed by atoms with E-state index in [0.717, 1.165) is 37.4 Å². The number of hydrogen-bond donors (Lipinski definition) is 2. The summed E-state index contributed by atoms with van der Waals surface area (Å²) in [6.07, 6.45) is 2.13. The van der Waals surface area contributed by atoms with E-state index in [-0.39, 0.29) is 24.4 Å². The summed E-state index contributed by atoms with van der Waals surface area (Å²) in [6, 6.07) is -0.290. The van der Waals surface area contributed by atoms with Crippen LogP contribution >= 0.6 is 0 Å². The van der Waals surface area contributed by atoms with Crippen LogP contribution in [0.1, 0.15) is 26.7 Å². The molecule has 116 valence electrons. The SMILES string of the molecule is CC1(C)NC(=O)N(CC(=O)N2C[C@@H]3CC[C@H]2CNC3)C1=O. The lowest BCUT2D eigenvalue weighted by Gasteiger charge is -2.36. The Morgan fingerprint density at radius 3 is 2.71 bits per heavy atom. The van der Waals surface area contributed by atoms with Gasteiger partial charge in [-0.2, -0.15) is 0 Å². The number of piperidine rings is 1. The minimum atomic E-state index is -0.920. The van der Waals surface area contributed by atoms with E-state index >= 15 is 0 Å². The van der Waals surface area contributed by atoms with Gasteiger partial charge in [0, 0.05) is 19.1 Å². The highest BCUT2D eigenvalue weighted by molar-refractivity contribution is 6.08. The molecular weight excluding hydrogens is 272 g/mol. The van der Waals surface area contributed by atoms with Crippen LogP contribution in [0.3, 0.4) is 0 Å². The topological polar surface area (TPSA) is 81.8 Å². The molecule has 2 N–H and O–H groups in total. The van der Waals surface area contributed by atoms with E-state index in [1.54, 1.807) is 13.8 Å². The molecule has 0 saturated carbocycles. The largest absolute Gasteiger partial charge is 0.337 e. The van der Waals surface area contributed by atoms with Crippen molar-refractivity contribution >= 4 is 17.8 Å². The highest BCUT2D eigenvalue weighted by Gasteiger charge is 2.46. The smallest absolute Gasteiger partial charge is 0.325 e. The van der Waals surface area contributed by atoms with E-state index < -0.39 is 11.6 Å². The summed E-state index contributed by atoms with van der Waals surface area (Å²) in [7, 11) is 0. The van der Waals surface area contributed by atoms with E-state index in [2.05, 4.69) is 10.6 Å². The third-order valence-electron chi connectivity index (χ3n) is 4.67. The van der Waals surface area contributed by atoms with Gasteiger partial charge in [-0.1, -0.05) is 0 Å². The van der Waals surface area contributed by atoms with Crippen molar-refractivity contribution in [3.63, 3.8) is 0 Å². The Bertz CT molecular complexity index is 487. The molecule has 7 nitrogen and oxygen atoms in total. The van der Waals surface area contributed by atoms with Crippen molar-refractivity contribution in [2.45, 2.75) is 38.3 Å². The Balaban J connectivity index is 1.69. The number of hydrogen-bond acceptors (Lipinski definition) is 4. The molecule has 4 rings (SSSR count). The van der Waals surface area contributed by atoms with Crippen LogP contribution in [0.25, 0.3) is 0 Å². The fourth-order valence-electron chi connectivity index (χ4n) is 3.43. The Kier molecular flexibility index (Phi) is 3.39. The maximum atomic E-state index is 12.5. The third kappa shape index (κ3) is 2.50. The van der Waals surface area contributed by atoms with Crippen LogP contribution in [0.2, 0.25) is 0 Å². The summed E-state index contributed by atoms with van der Waals surface area (Å²) in [4.78, 5) is 39.4. The van der Waals surface area contributed by atoms with Crippen molar-refractivity contribution in [2.75, 3.05) is 26.2 Å². The number of rotatable bonds is 2. The molecule has 0 aliphatic carbocycles. The lowest BCUT2D eigenvalue weighted by atomic mass is 9.95. The standard InChI is InChI=1S/C14H22N4O3/c1-14(2)12(20)18(13(21)16-14)8-11(19)17-7-9-3-4-10(17)6-15-5-9/h9-10,15H,3-8H2,1-2H3,(H,16,21)/t9-,10+/m1/s1. The molecule has 0 aromatic heterocycles. The molecule has 4 saturated heterocycles. The lowest BCUT2D eigenvalue weighted by Crippen LogP contribution is -2.51. The van der Waals surface area contributed by atoms with Crippen LogP contribution < -0.4 is 10.6 Å². The highest BCUT2D eigenvalue weighted by Crippen LogP contribution is 2.25. The van der Waals surface area contributed by atoms with Crippen molar-refractivity contribution in [2.24, 2.45) is 5.92 Å². The second-order valence-corrected chi connectivity index (χ2v) is 6.75. The Hall–Kier alpha value is -1.63. The Labute approximate surface area is 124 Å². The molecule has 0 radical (unpaired) electrons. The number of nitrogens with zero attached hydrogens (tertiary/aromatic N) is 2. The fourth-order valence-corrected chi connectivity index (χ4v) is 3.43. The third-order valence-corrected chi connectivity index (χ3v) is 4.67. The average Bonchev–Trinajstić information content (AvgIpc) is 2.69.